The molecule has 1 heterocycles. The van der Waals surface area contributed by atoms with Gasteiger partial charge in [-0.2, -0.15) is 0 Å². The Morgan fingerprint density at radius 3 is 2.85 bits per heavy atom. The molecule has 20 heavy (non-hydrogen) atoms. The predicted molar refractivity (Wildman–Crippen MR) is 77.5 cm³/mol. The quantitative estimate of drug-likeness (QED) is 0.901. The van der Waals surface area contributed by atoms with Crippen LogP contribution in [0.3, 0.4) is 0 Å². The van der Waals surface area contributed by atoms with E-state index in [0.717, 1.165) is 37.8 Å². The van der Waals surface area contributed by atoms with Gasteiger partial charge in [0.05, 0.1) is 11.6 Å². The van der Waals surface area contributed by atoms with E-state index in [0.29, 0.717) is 18.8 Å². The van der Waals surface area contributed by atoms with Crippen molar-refractivity contribution in [1.82, 2.24) is 4.98 Å². The van der Waals surface area contributed by atoms with Gasteiger partial charge in [-0.15, -0.1) is 0 Å². The number of pyridine rings is 1. The van der Waals surface area contributed by atoms with E-state index < -0.39 is 5.60 Å². The van der Waals surface area contributed by atoms with Crippen LogP contribution >= 0.6 is 0 Å². The Hall–Kier alpha value is -1.22. The molecule has 1 aromatic rings. The molecule has 3 nitrogen and oxygen atoms in total. The molecule has 2 aliphatic rings. The van der Waals surface area contributed by atoms with Gasteiger partial charge in [-0.05, 0) is 62.5 Å². The number of aromatic nitrogens is 1. The average Bonchev–Trinajstić information content (AvgIpc) is 2.49. The summed E-state index contributed by atoms with van der Waals surface area (Å²) in [6.07, 6.45) is 7.74. The second-order valence-electron chi connectivity index (χ2n) is 6.57. The first-order chi connectivity index (χ1) is 9.60. The van der Waals surface area contributed by atoms with E-state index in [2.05, 4.69) is 18.0 Å². The van der Waals surface area contributed by atoms with Crippen LogP contribution in [0.4, 0.5) is 0 Å². The molecular formula is C17H23NO2. The lowest BCUT2D eigenvalue weighted by atomic mass is 9.71. The lowest BCUT2D eigenvalue weighted by molar-refractivity contribution is -0.143. The number of rotatable bonds is 2. The molecule has 2 aliphatic carbocycles. The fourth-order valence-corrected chi connectivity index (χ4v) is 3.68. The molecular weight excluding hydrogens is 250 g/mol. The van der Waals surface area contributed by atoms with E-state index in [1.165, 1.54) is 5.56 Å². The third-order valence-electron chi connectivity index (χ3n) is 5.07. The van der Waals surface area contributed by atoms with Crippen LogP contribution in [0.5, 0.6) is 0 Å². The number of carbonyl (C=O) groups is 1. The highest BCUT2D eigenvalue weighted by atomic mass is 16.3. The number of aliphatic hydroxyl groups is 1. The fraction of sp³-hybridized carbons (Fsp3) is 0.647. The number of carbonyl (C=O) groups excluding carboxylic acids is 1. The summed E-state index contributed by atoms with van der Waals surface area (Å²) < 4.78 is 0. The molecule has 1 atom stereocenters. The first-order valence-corrected chi connectivity index (χ1v) is 7.80. The molecule has 0 saturated heterocycles. The summed E-state index contributed by atoms with van der Waals surface area (Å²) in [6, 6.07) is 4.00. The van der Waals surface area contributed by atoms with Gasteiger partial charge >= 0.3 is 0 Å². The summed E-state index contributed by atoms with van der Waals surface area (Å²) >= 11 is 0. The number of Topliss-reactive ketones (excluding diaryl/α,β-unsaturated/α-hetero) is 1. The van der Waals surface area contributed by atoms with Gasteiger partial charge in [0.2, 0.25) is 0 Å². The number of hydrogen-bond acceptors (Lipinski definition) is 3. The molecule has 3 rings (SSSR count). The minimum absolute atomic E-state index is 0.0176. The third kappa shape index (κ3) is 2.39. The second kappa shape index (κ2) is 5.28. The lowest BCUT2D eigenvalue weighted by Crippen LogP contribution is -2.45. The molecule has 3 heteroatoms. The molecule has 1 unspecified atom stereocenters. The van der Waals surface area contributed by atoms with E-state index in [1.54, 1.807) is 6.20 Å². The average molecular weight is 273 g/mol. The van der Waals surface area contributed by atoms with Crippen molar-refractivity contribution in [2.24, 2.45) is 5.92 Å². The van der Waals surface area contributed by atoms with E-state index in [1.807, 2.05) is 6.07 Å². The number of hydrogen-bond donors (Lipinski definition) is 1. The van der Waals surface area contributed by atoms with Gasteiger partial charge in [0.15, 0.2) is 5.78 Å². The van der Waals surface area contributed by atoms with Crippen molar-refractivity contribution >= 4 is 5.78 Å². The maximum absolute atomic E-state index is 12.9. The molecule has 0 amide bonds. The lowest BCUT2D eigenvalue weighted by Gasteiger charge is -2.37. The number of aryl methyl sites for hydroxylation is 1. The molecule has 0 aliphatic heterocycles. The molecule has 0 radical (unpaired) electrons. The van der Waals surface area contributed by atoms with Crippen LogP contribution in [0.1, 0.15) is 62.6 Å². The van der Waals surface area contributed by atoms with Gasteiger partial charge < -0.3 is 5.11 Å². The Bertz CT molecular complexity index is 503. The standard InChI is InChI=1S/C17H23NO2/c1-12-7-9-17(20,10-8-12)16(19)14-6-2-4-13-5-3-11-18-15(13)14/h3,5,11-12,14,20H,2,4,6-10H2,1H3. The molecule has 0 aromatic carbocycles. The van der Waals surface area contributed by atoms with Gasteiger partial charge in [-0.25, -0.2) is 0 Å². The number of nitrogens with zero attached hydrogens (tertiary/aromatic N) is 1. The molecule has 1 aromatic heterocycles. The largest absolute Gasteiger partial charge is 0.382 e. The van der Waals surface area contributed by atoms with Crippen LogP contribution in [0.25, 0.3) is 0 Å². The molecule has 0 bridgehead atoms. The van der Waals surface area contributed by atoms with Crippen LogP contribution in [0, 0.1) is 5.92 Å². The summed E-state index contributed by atoms with van der Waals surface area (Å²) in [5, 5.41) is 10.8. The topological polar surface area (TPSA) is 50.2 Å². The maximum atomic E-state index is 12.9. The van der Waals surface area contributed by atoms with Crippen LogP contribution < -0.4 is 0 Å². The van der Waals surface area contributed by atoms with Crippen LogP contribution in [0.2, 0.25) is 0 Å². The first-order valence-electron chi connectivity index (χ1n) is 7.80. The Morgan fingerprint density at radius 1 is 1.35 bits per heavy atom. The van der Waals surface area contributed by atoms with Crippen LogP contribution in [-0.4, -0.2) is 21.5 Å². The minimum atomic E-state index is -1.11. The summed E-state index contributed by atoms with van der Waals surface area (Å²) in [4.78, 5) is 17.3. The second-order valence-corrected chi connectivity index (χ2v) is 6.57. The van der Waals surface area contributed by atoms with Crippen molar-refractivity contribution in [1.29, 1.82) is 0 Å². The van der Waals surface area contributed by atoms with Crippen molar-refractivity contribution in [2.45, 2.75) is 63.4 Å². The van der Waals surface area contributed by atoms with E-state index in [9.17, 15) is 9.90 Å². The van der Waals surface area contributed by atoms with Crippen molar-refractivity contribution in [3.05, 3.63) is 29.6 Å². The molecule has 1 fully saturated rings. The zero-order valence-electron chi connectivity index (χ0n) is 12.1. The maximum Gasteiger partial charge on any atom is 0.173 e. The van der Waals surface area contributed by atoms with E-state index in [-0.39, 0.29) is 11.7 Å². The zero-order chi connectivity index (χ0) is 14.2. The van der Waals surface area contributed by atoms with Gasteiger partial charge in [0.1, 0.15) is 5.60 Å². The third-order valence-corrected chi connectivity index (χ3v) is 5.07. The normalized spacial score (nSPS) is 33.5. The zero-order valence-corrected chi connectivity index (χ0v) is 12.1. The van der Waals surface area contributed by atoms with Crippen molar-refractivity contribution in [3.63, 3.8) is 0 Å². The fourth-order valence-electron chi connectivity index (χ4n) is 3.68. The number of ketones is 1. The van der Waals surface area contributed by atoms with Gasteiger partial charge in [0.25, 0.3) is 0 Å². The first kappa shape index (κ1) is 13.7. The van der Waals surface area contributed by atoms with Crippen molar-refractivity contribution in [2.75, 3.05) is 0 Å². The summed E-state index contributed by atoms with van der Waals surface area (Å²) in [7, 11) is 0. The highest BCUT2D eigenvalue weighted by molar-refractivity contribution is 5.93. The Morgan fingerprint density at radius 2 is 2.10 bits per heavy atom. The summed E-state index contributed by atoms with van der Waals surface area (Å²) in [6.45, 7) is 2.20. The summed E-state index contributed by atoms with van der Waals surface area (Å²) in [5.41, 5.74) is 0.990. The van der Waals surface area contributed by atoms with Crippen LogP contribution in [-0.2, 0) is 11.2 Å². The SMILES string of the molecule is CC1CCC(O)(C(=O)C2CCCc3cccnc32)CC1. The van der Waals surface area contributed by atoms with Gasteiger partial charge in [0, 0.05) is 6.20 Å². The molecule has 1 saturated carbocycles. The van der Waals surface area contributed by atoms with E-state index >= 15 is 0 Å². The summed E-state index contributed by atoms with van der Waals surface area (Å²) in [5.74, 6) is 0.447. The molecule has 1 N–H and O–H groups in total. The smallest absolute Gasteiger partial charge is 0.173 e. The monoisotopic (exact) mass is 273 g/mol. The van der Waals surface area contributed by atoms with Gasteiger partial charge in [-0.1, -0.05) is 13.0 Å². The Kier molecular flexibility index (Phi) is 3.63. The molecule has 0 spiro atoms. The van der Waals surface area contributed by atoms with Gasteiger partial charge in [-0.3, -0.25) is 9.78 Å². The minimum Gasteiger partial charge on any atom is -0.382 e. The van der Waals surface area contributed by atoms with Crippen molar-refractivity contribution < 1.29 is 9.90 Å². The Balaban J connectivity index is 1.85. The highest BCUT2D eigenvalue weighted by Crippen LogP contribution is 2.39. The highest BCUT2D eigenvalue weighted by Gasteiger charge is 2.43. The molecule has 108 valence electrons. The predicted octanol–water partition coefficient (Wildman–Crippen LogP) is 3.01. The number of fused-ring (bicyclic) bond motifs is 1. The van der Waals surface area contributed by atoms with Crippen LogP contribution in [0.15, 0.2) is 18.3 Å². The van der Waals surface area contributed by atoms with E-state index in [4.69, 9.17) is 0 Å². The Labute approximate surface area is 120 Å². The van der Waals surface area contributed by atoms with Crippen molar-refractivity contribution in [3.8, 4) is 0 Å².